The molecule has 3 rings (SSSR count). The number of carbonyl (C=O) groups excluding carboxylic acids is 1. The molecule has 2 heterocycles. The number of rotatable bonds is 8. The number of aromatic nitrogens is 2. The van der Waals surface area contributed by atoms with E-state index in [4.69, 9.17) is 4.74 Å². The largest absolute Gasteiger partial charge is 0.497 e. The quantitative estimate of drug-likeness (QED) is 0.569. The highest BCUT2D eigenvalue weighted by Crippen LogP contribution is 2.26. The molecule has 0 aliphatic carbocycles. The number of carbonyl (C=O) groups is 1. The van der Waals surface area contributed by atoms with E-state index >= 15 is 0 Å². The summed E-state index contributed by atoms with van der Waals surface area (Å²) in [5, 5.41) is 3.40. The van der Waals surface area contributed by atoms with Gasteiger partial charge in [-0.3, -0.25) is 9.59 Å². The van der Waals surface area contributed by atoms with Gasteiger partial charge in [0.15, 0.2) is 0 Å². The van der Waals surface area contributed by atoms with Crippen molar-refractivity contribution in [1.29, 1.82) is 0 Å². The van der Waals surface area contributed by atoms with Crippen LogP contribution in [0, 0.1) is 13.8 Å². The van der Waals surface area contributed by atoms with Crippen LogP contribution in [0.5, 0.6) is 5.75 Å². The van der Waals surface area contributed by atoms with Gasteiger partial charge in [-0.25, -0.2) is 4.98 Å². The van der Waals surface area contributed by atoms with E-state index in [1.807, 2.05) is 45.0 Å². The molecule has 1 aromatic carbocycles. The Labute approximate surface area is 178 Å². The van der Waals surface area contributed by atoms with Gasteiger partial charge >= 0.3 is 0 Å². The number of hydrogen-bond donors (Lipinski definition) is 2. The van der Waals surface area contributed by atoms with Gasteiger partial charge in [-0.15, -0.1) is 23.1 Å². The highest BCUT2D eigenvalue weighted by Gasteiger charge is 2.16. The number of methoxy groups -OCH3 is 1. The Morgan fingerprint density at radius 1 is 1.31 bits per heavy atom. The van der Waals surface area contributed by atoms with Crippen LogP contribution in [0.15, 0.2) is 29.1 Å². The van der Waals surface area contributed by atoms with Crippen molar-refractivity contribution >= 4 is 39.2 Å². The third-order valence-electron chi connectivity index (χ3n) is 4.80. The molecule has 0 saturated heterocycles. The standard InChI is InChI=1S/C21H25N3O3S2/c1-12-13(2)29-21-18(12)20(26)23-17(24-21)11-28-14(3)19(25)22-10-9-15-5-7-16(27-4)8-6-15/h5-8,14H,9-11H2,1-4H3,(H,22,25)(H,23,24,26). The Balaban J connectivity index is 1.50. The summed E-state index contributed by atoms with van der Waals surface area (Å²) in [6.07, 6.45) is 0.760. The molecular weight excluding hydrogens is 406 g/mol. The molecule has 0 bridgehead atoms. The first-order valence-electron chi connectivity index (χ1n) is 9.40. The van der Waals surface area contributed by atoms with Crippen molar-refractivity contribution in [1.82, 2.24) is 15.3 Å². The van der Waals surface area contributed by atoms with Crippen LogP contribution in [0.2, 0.25) is 0 Å². The van der Waals surface area contributed by atoms with Crippen LogP contribution in [0.25, 0.3) is 10.2 Å². The second-order valence-electron chi connectivity index (χ2n) is 6.82. The Morgan fingerprint density at radius 2 is 2.03 bits per heavy atom. The normalized spacial score (nSPS) is 12.1. The third-order valence-corrected chi connectivity index (χ3v) is 7.05. The minimum absolute atomic E-state index is 0.0188. The van der Waals surface area contributed by atoms with Gasteiger partial charge in [-0.05, 0) is 50.5 Å². The molecule has 0 fully saturated rings. The van der Waals surface area contributed by atoms with Crippen molar-refractivity contribution in [2.45, 2.75) is 38.2 Å². The number of amides is 1. The molecule has 2 aromatic heterocycles. The van der Waals surface area contributed by atoms with Gasteiger partial charge in [0, 0.05) is 11.4 Å². The molecule has 154 valence electrons. The average molecular weight is 432 g/mol. The van der Waals surface area contributed by atoms with E-state index in [1.165, 1.54) is 23.1 Å². The summed E-state index contributed by atoms with van der Waals surface area (Å²) < 4.78 is 5.15. The highest BCUT2D eigenvalue weighted by atomic mass is 32.2. The summed E-state index contributed by atoms with van der Waals surface area (Å²) >= 11 is 2.99. The fraction of sp³-hybridized carbons (Fsp3) is 0.381. The number of thioether (sulfide) groups is 1. The molecule has 0 aliphatic heterocycles. The third kappa shape index (κ3) is 5.19. The number of benzene rings is 1. The van der Waals surface area contributed by atoms with E-state index in [2.05, 4.69) is 15.3 Å². The number of nitrogens with one attached hydrogen (secondary N) is 2. The number of aryl methyl sites for hydroxylation is 2. The van der Waals surface area contributed by atoms with Crippen molar-refractivity contribution in [3.8, 4) is 5.75 Å². The van der Waals surface area contributed by atoms with Gasteiger partial charge in [-0.2, -0.15) is 0 Å². The predicted molar refractivity (Wildman–Crippen MR) is 120 cm³/mol. The van der Waals surface area contributed by atoms with Gasteiger partial charge in [-0.1, -0.05) is 12.1 Å². The number of fused-ring (bicyclic) bond motifs is 1. The van der Waals surface area contributed by atoms with E-state index in [0.717, 1.165) is 33.0 Å². The average Bonchev–Trinajstić information content (AvgIpc) is 3.00. The zero-order valence-corrected chi connectivity index (χ0v) is 18.6. The molecule has 8 heteroatoms. The number of aromatic amines is 1. The molecule has 3 aromatic rings. The molecule has 1 unspecified atom stereocenters. The Kier molecular flexibility index (Phi) is 6.97. The minimum atomic E-state index is -0.237. The summed E-state index contributed by atoms with van der Waals surface area (Å²) in [5.74, 6) is 1.88. The van der Waals surface area contributed by atoms with Gasteiger partial charge in [0.2, 0.25) is 5.91 Å². The predicted octanol–water partition coefficient (Wildman–Crippen LogP) is 3.59. The second-order valence-corrected chi connectivity index (χ2v) is 9.35. The lowest BCUT2D eigenvalue weighted by molar-refractivity contribution is -0.120. The Morgan fingerprint density at radius 3 is 2.72 bits per heavy atom. The second kappa shape index (κ2) is 9.45. The van der Waals surface area contributed by atoms with Crippen molar-refractivity contribution in [2.75, 3.05) is 13.7 Å². The van der Waals surface area contributed by atoms with E-state index in [0.29, 0.717) is 23.5 Å². The minimum Gasteiger partial charge on any atom is -0.497 e. The Bertz CT molecular complexity index is 1060. The van der Waals surface area contributed by atoms with Gasteiger partial charge in [0.05, 0.1) is 23.5 Å². The number of hydrogen-bond acceptors (Lipinski definition) is 6. The van der Waals surface area contributed by atoms with Crippen LogP contribution >= 0.6 is 23.1 Å². The molecule has 0 spiro atoms. The van der Waals surface area contributed by atoms with Gasteiger partial charge in [0.1, 0.15) is 16.4 Å². The lowest BCUT2D eigenvalue weighted by Gasteiger charge is -2.12. The summed E-state index contributed by atoms with van der Waals surface area (Å²) in [5.41, 5.74) is 2.02. The molecule has 29 heavy (non-hydrogen) atoms. The first-order chi connectivity index (χ1) is 13.9. The molecule has 2 N–H and O–H groups in total. The van der Waals surface area contributed by atoms with Crippen LogP contribution in [-0.4, -0.2) is 34.8 Å². The van der Waals surface area contributed by atoms with E-state index in [-0.39, 0.29) is 16.7 Å². The van der Waals surface area contributed by atoms with E-state index < -0.39 is 0 Å². The fourth-order valence-electron chi connectivity index (χ4n) is 2.91. The fourth-order valence-corrected chi connectivity index (χ4v) is 4.74. The molecular formula is C21H25N3O3S2. The number of nitrogens with zero attached hydrogens (tertiary/aromatic N) is 1. The van der Waals surface area contributed by atoms with Gasteiger partial charge < -0.3 is 15.0 Å². The maximum absolute atomic E-state index is 12.3. The molecule has 1 amide bonds. The SMILES string of the molecule is COc1ccc(CCNC(=O)C(C)SCc2nc3sc(C)c(C)c3c(=O)[nH]2)cc1. The Hall–Kier alpha value is -2.32. The van der Waals surface area contributed by atoms with Gasteiger partial charge in [0.25, 0.3) is 5.56 Å². The maximum Gasteiger partial charge on any atom is 0.259 e. The zero-order chi connectivity index (χ0) is 21.0. The van der Waals surface area contributed by atoms with Crippen LogP contribution in [0.1, 0.15) is 28.8 Å². The van der Waals surface area contributed by atoms with Crippen LogP contribution in [0.4, 0.5) is 0 Å². The summed E-state index contributed by atoms with van der Waals surface area (Å²) in [6, 6.07) is 7.82. The van der Waals surface area contributed by atoms with Crippen molar-refractivity contribution in [2.24, 2.45) is 0 Å². The maximum atomic E-state index is 12.3. The number of ether oxygens (including phenoxy) is 1. The molecule has 0 saturated carbocycles. The van der Waals surface area contributed by atoms with E-state index in [1.54, 1.807) is 7.11 Å². The summed E-state index contributed by atoms with van der Waals surface area (Å²) in [6.45, 7) is 6.38. The summed E-state index contributed by atoms with van der Waals surface area (Å²) in [7, 11) is 1.64. The zero-order valence-electron chi connectivity index (χ0n) is 17.0. The lowest BCUT2D eigenvalue weighted by atomic mass is 10.1. The van der Waals surface area contributed by atoms with Crippen LogP contribution < -0.4 is 15.6 Å². The molecule has 6 nitrogen and oxygen atoms in total. The molecule has 0 radical (unpaired) electrons. The van der Waals surface area contributed by atoms with E-state index in [9.17, 15) is 9.59 Å². The monoisotopic (exact) mass is 431 g/mol. The van der Waals surface area contributed by atoms with Crippen LogP contribution in [0.3, 0.4) is 0 Å². The van der Waals surface area contributed by atoms with Crippen LogP contribution in [-0.2, 0) is 17.0 Å². The van der Waals surface area contributed by atoms with Crippen molar-refractivity contribution in [3.05, 3.63) is 56.4 Å². The molecule has 0 aliphatic rings. The first kappa shape index (κ1) is 21.4. The van der Waals surface area contributed by atoms with Crippen molar-refractivity contribution in [3.63, 3.8) is 0 Å². The first-order valence-corrected chi connectivity index (χ1v) is 11.3. The highest BCUT2D eigenvalue weighted by molar-refractivity contribution is 7.99. The topological polar surface area (TPSA) is 84.1 Å². The lowest BCUT2D eigenvalue weighted by Crippen LogP contribution is -2.32. The number of H-pyrrole nitrogens is 1. The van der Waals surface area contributed by atoms with Crippen molar-refractivity contribution < 1.29 is 9.53 Å². The smallest absolute Gasteiger partial charge is 0.259 e. The number of thiophene rings is 1. The summed E-state index contributed by atoms with van der Waals surface area (Å²) in [4.78, 5) is 34.0. The molecule has 1 atom stereocenters.